The van der Waals surface area contributed by atoms with E-state index in [-0.39, 0.29) is 18.8 Å². The first-order valence-electron chi connectivity index (χ1n) is 11.1. The van der Waals surface area contributed by atoms with Crippen molar-refractivity contribution in [1.29, 1.82) is 0 Å². The zero-order valence-electron chi connectivity index (χ0n) is 18.8. The van der Waals surface area contributed by atoms with E-state index in [1.165, 1.54) is 6.07 Å². The summed E-state index contributed by atoms with van der Waals surface area (Å²) in [6.45, 7) is 2.92. The molecule has 0 saturated carbocycles. The van der Waals surface area contributed by atoms with Crippen LogP contribution >= 0.6 is 0 Å². The average Bonchev–Trinajstić information content (AvgIpc) is 2.83. The highest BCUT2D eigenvalue weighted by Crippen LogP contribution is 2.35. The Morgan fingerprint density at radius 1 is 1.03 bits per heavy atom. The van der Waals surface area contributed by atoms with E-state index in [0.29, 0.717) is 31.1 Å². The van der Waals surface area contributed by atoms with Crippen molar-refractivity contribution >= 4 is 5.97 Å². The van der Waals surface area contributed by atoms with Crippen LogP contribution < -0.4 is 4.74 Å². The predicted octanol–water partition coefficient (Wildman–Crippen LogP) is 5.68. The zero-order chi connectivity index (χ0) is 24.0. The maximum absolute atomic E-state index is 13.4. The maximum Gasteiger partial charge on any atom is 0.332 e. The van der Waals surface area contributed by atoms with E-state index in [1.807, 2.05) is 48.5 Å². The SMILES string of the molecule is CCOC(=O)COC1(c2ccc(OCc3cccc(-c4ccccc4C(F)F)c3)cc2)COC1. The minimum absolute atomic E-state index is 0.00948. The highest BCUT2D eigenvalue weighted by Gasteiger charge is 2.42. The number of carbonyl (C=O) groups excluding carboxylic acids is 1. The van der Waals surface area contributed by atoms with Crippen molar-refractivity contribution in [2.24, 2.45) is 0 Å². The molecule has 0 radical (unpaired) electrons. The molecular formula is C27H26F2O5. The van der Waals surface area contributed by atoms with Gasteiger partial charge in [-0.05, 0) is 47.4 Å². The Bertz CT molecular complexity index is 1110. The van der Waals surface area contributed by atoms with Crippen molar-refractivity contribution in [3.63, 3.8) is 0 Å². The molecule has 0 N–H and O–H groups in total. The van der Waals surface area contributed by atoms with Crippen LogP contribution in [0.15, 0.2) is 72.8 Å². The molecule has 0 aliphatic carbocycles. The number of benzene rings is 3. The fourth-order valence-electron chi connectivity index (χ4n) is 3.82. The van der Waals surface area contributed by atoms with Crippen molar-refractivity contribution in [2.75, 3.05) is 26.4 Å². The Hall–Kier alpha value is -3.29. The second kappa shape index (κ2) is 10.8. The van der Waals surface area contributed by atoms with Gasteiger partial charge in [0, 0.05) is 5.56 Å². The molecule has 1 fully saturated rings. The van der Waals surface area contributed by atoms with Crippen LogP contribution in [0.1, 0.15) is 30.0 Å². The normalized spacial score (nSPS) is 14.5. The zero-order valence-corrected chi connectivity index (χ0v) is 18.8. The fourth-order valence-corrected chi connectivity index (χ4v) is 3.82. The largest absolute Gasteiger partial charge is 0.489 e. The summed E-state index contributed by atoms with van der Waals surface area (Å²) >= 11 is 0. The molecule has 1 aliphatic rings. The summed E-state index contributed by atoms with van der Waals surface area (Å²) < 4.78 is 48.8. The molecule has 4 rings (SSSR count). The van der Waals surface area contributed by atoms with E-state index in [1.54, 1.807) is 25.1 Å². The monoisotopic (exact) mass is 468 g/mol. The molecular weight excluding hydrogens is 442 g/mol. The standard InChI is InChI=1S/C27H26F2O5/c1-2-32-25(30)16-34-27(17-31-18-27)21-10-12-22(13-11-21)33-15-19-6-5-7-20(14-19)23-8-3-4-9-24(23)26(28)29/h3-14,26H,2,15-18H2,1H3. The number of carbonyl (C=O) groups is 1. The average molecular weight is 468 g/mol. The molecule has 0 unspecified atom stereocenters. The number of hydrogen-bond acceptors (Lipinski definition) is 5. The van der Waals surface area contributed by atoms with E-state index < -0.39 is 18.0 Å². The summed E-state index contributed by atoms with van der Waals surface area (Å²) in [6.07, 6.45) is -2.54. The molecule has 3 aromatic carbocycles. The molecule has 1 aliphatic heterocycles. The van der Waals surface area contributed by atoms with Gasteiger partial charge >= 0.3 is 5.97 Å². The molecule has 0 atom stereocenters. The lowest BCUT2D eigenvalue weighted by molar-refractivity contribution is -0.221. The number of alkyl halides is 2. The van der Waals surface area contributed by atoms with Crippen LogP contribution in [-0.4, -0.2) is 32.4 Å². The number of halogens is 2. The third-order valence-electron chi connectivity index (χ3n) is 5.66. The van der Waals surface area contributed by atoms with Crippen LogP contribution in [-0.2, 0) is 31.2 Å². The number of ether oxygens (including phenoxy) is 4. The first-order chi connectivity index (χ1) is 16.5. The summed E-state index contributed by atoms with van der Waals surface area (Å²) in [5.74, 6) is 0.245. The number of hydrogen-bond donors (Lipinski definition) is 0. The maximum atomic E-state index is 13.4. The van der Waals surface area contributed by atoms with Gasteiger partial charge in [-0.2, -0.15) is 0 Å². The smallest absolute Gasteiger partial charge is 0.332 e. The predicted molar refractivity (Wildman–Crippen MR) is 123 cm³/mol. The molecule has 3 aromatic rings. The quantitative estimate of drug-likeness (QED) is 0.359. The van der Waals surface area contributed by atoms with Crippen molar-refractivity contribution < 1.29 is 32.5 Å². The Labute approximate surface area is 197 Å². The lowest BCUT2D eigenvalue weighted by Gasteiger charge is -2.41. The summed E-state index contributed by atoms with van der Waals surface area (Å²) in [5.41, 5.74) is 2.33. The summed E-state index contributed by atoms with van der Waals surface area (Å²) in [6, 6.07) is 21.4. The molecule has 0 amide bonds. The van der Waals surface area contributed by atoms with Crippen LogP contribution in [0, 0.1) is 0 Å². The highest BCUT2D eigenvalue weighted by molar-refractivity contribution is 5.70. The van der Waals surface area contributed by atoms with E-state index in [2.05, 4.69) is 0 Å². The molecule has 0 bridgehead atoms. The highest BCUT2D eigenvalue weighted by atomic mass is 19.3. The Morgan fingerprint density at radius 2 is 1.79 bits per heavy atom. The molecule has 5 nitrogen and oxygen atoms in total. The van der Waals surface area contributed by atoms with Gasteiger partial charge in [-0.15, -0.1) is 0 Å². The Balaban J connectivity index is 1.40. The molecule has 1 heterocycles. The van der Waals surface area contributed by atoms with Crippen molar-refractivity contribution in [3.05, 3.63) is 89.5 Å². The van der Waals surface area contributed by atoms with Gasteiger partial charge in [0.15, 0.2) is 0 Å². The summed E-state index contributed by atoms with van der Waals surface area (Å²) in [5, 5.41) is 0. The van der Waals surface area contributed by atoms with Crippen LogP contribution in [0.4, 0.5) is 8.78 Å². The summed E-state index contributed by atoms with van der Waals surface area (Å²) in [7, 11) is 0. The van der Waals surface area contributed by atoms with Crippen molar-refractivity contribution in [2.45, 2.75) is 25.6 Å². The van der Waals surface area contributed by atoms with Crippen molar-refractivity contribution in [1.82, 2.24) is 0 Å². The van der Waals surface area contributed by atoms with Crippen LogP contribution in [0.25, 0.3) is 11.1 Å². The van der Waals surface area contributed by atoms with Gasteiger partial charge in [0.05, 0.1) is 19.8 Å². The van der Waals surface area contributed by atoms with E-state index in [0.717, 1.165) is 16.7 Å². The lowest BCUT2D eigenvalue weighted by Crippen LogP contribution is -2.49. The van der Waals surface area contributed by atoms with Crippen LogP contribution in [0.2, 0.25) is 0 Å². The minimum Gasteiger partial charge on any atom is -0.489 e. The van der Waals surface area contributed by atoms with Gasteiger partial charge in [0.25, 0.3) is 6.43 Å². The van der Waals surface area contributed by atoms with Gasteiger partial charge in [0.1, 0.15) is 24.6 Å². The van der Waals surface area contributed by atoms with E-state index >= 15 is 0 Å². The minimum atomic E-state index is -2.54. The molecule has 0 aromatic heterocycles. The van der Waals surface area contributed by atoms with Gasteiger partial charge in [-0.1, -0.05) is 54.6 Å². The van der Waals surface area contributed by atoms with E-state index in [9.17, 15) is 13.6 Å². The van der Waals surface area contributed by atoms with Crippen LogP contribution in [0.3, 0.4) is 0 Å². The second-order valence-corrected chi connectivity index (χ2v) is 7.98. The second-order valence-electron chi connectivity index (χ2n) is 7.98. The topological polar surface area (TPSA) is 54.0 Å². The number of rotatable bonds is 10. The van der Waals surface area contributed by atoms with Gasteiger partial charge in [-0.25, -0.2) is 13.6 Å². The summed E-state index contributed by atoms with van der Waals surface area (Å²) in [4.78, 5) is 11.7. The molecule has 1 saturated heterocycles. The Morgan fingerprint density at radius 3 is 2.47 bits per heavy atom. The van der Waals surface area contributed by atoms with Crippen LogP contribution in [0.5, 0.6) is 5.75 Å². The van der Waals surface area contributed by atoms with E-state index in [4.69, 9.17) is 18.9 Å². The molecule has 178 valence electrons. The third kappa shape index (κ3) is 5.43. The lowest BCUT2D eigenvalue weighted by atomic mass is 9.91. The molecule has 34 heavy (non-hydrogen) atoms. The Kier molecular flexibility index (Phi) is 7.55. The third-order valence-corrected chi connectivity index (χ3v) is 5.66. The number of esters is 1. The van der Waals surface area contributed by atoms with Crippen molar-refractivity contribution in [3.8, 4) is 16.9 Å². The first-order valence-corrected chi connectivity index (χ1v) is 11.1. The molecule has 0 spiro atoms. The molecule has 7 heteroatoms. The van der Waals surface area contributed by atoms with Gasteiger partial charge in [0.2, 0.25) is 0 Å². The van der Waals surface area contributed by atoms with Gasteiger partial charge < -0.3 is 18.9 Å². The fraction of sp³-hybridized carbons (Fsp3) is 0.296. The van der Waals surface area contributed by atoms with Gasteiger partial charge in [-0.3, -0.25) is 0 Å². The first kappa shape index (κ1) is 23.9.